The number of fused-ring (bicyclic) bond motifs is 2. The molecule has 0 spiro atoms. The first-order valence-corrected chi connectivity index (χ1v) is 11.3. The Labute approximate surface area is 168 Å². The van der Waals surface area contributed by atoms with Gasteiger partial charge in [-0.15, -0.1) is 0 Å². The third-order valence-corrected chi connectivity index (χ3v) is 5.71. The van der Waals surface area contributed by atoms with Crippen LogP contribution in [0.1, 0.15) is 23.2 Å². The minimum Gasteiger partial charge on any atom is -0.337 e. The summed E-state index contributed by atoms with van der Waals surface area (Å²) < 4.78 is 22.6. The first kappa shape index (κ1) is 19.1. The van der Waals surface area contributed by atoms with E-state index in [4.69, 9.17) is 0 Å². The standard InChI is InChI=1S/C21H20N4O3S/c1-29(27,28)12-4-8-19(26)17-6-2-5-14-13-15(9-10-16(14)17)23-21-20-18(24-25-21)7-3-11-22-20/h2-3,5-7,9-11,13H,4,8,12H2,1H3,(H2,23,24,25). The van der Waals surface area contributed by atoms with Gasteiger partial charge in [-0.3, -0.25) is 14.9 Å². The molecular formula is C21H20N4O3S. The molecule has 0 saturated carbocycles. The summed E-state index contributed by atoms with van der Waals surface area (Å²) in [7, 11) is -3.06. The lowest BCUT2D eigenvalue weighted by Gasteiger charge is -2.09. The third kappa shape index (κ3) is 4.27. The van der Waals surface area contributed by atoms with Crippen molar-refractivity contribution in [3.8, 4) is 0 Å². The van der Waals surface area contributed by atoms with E-state index in [0.29, 0.717) is 17.8 Å². The zero-order valence-electron chi connectivity index (χ0n) is 15.8. The summed E-state index contributed by atoms with van der Waals surface area (Å²) in [5.41, 5.74) is 3.04. The second-order valence-electron chi connectivity index (χ2n) is 6.99. The number of anilines is 2. The Morgan fingerprint density at radius 1 is 1.14 bits per heavy atom. The molecule has 0 bridgehead atoms. The molecule has 0 saturated heterocycles. The number of carbonyl (C=O) groups excluding carboxylic acids is 1. The molecule has 0 fully saturated rings. The number of aromatic nitrogens is 3. The van der Waals surface area contributed by atoms with E-state index in [1.165, 1.54) is 6.26 Å². The zero-order valence-corrected chi connectivity index (χ0v) is 16.7. The zero-order chi connectivity index (χ0) is 20.4. The van der Waals surface area contributed by atoms with Gasteiger partial charge < -0.3 is 5.32 Å². The maximum Gasteiger partial charge on any atom is 0.178 e. The molecule has 4 rings (SSSR count). The van der Waals surface area contributed by atoms with E-state index in [-0.39, 0.29) is 18.0 Å². The van der Waals surface area contributed by atoms with Gasteiger partial charge in [0, 0.05) is 30.1 Å². The molecule has 4 aromatic rings. The molecule has 8 heteroatoms. The van der Waals surface area contributed by atoms with E-state index in [2.05, 4.69) is 20.5 Å². The number of H-pyrrole nitrogens is 1. The van der Waals surface area contributed by atoms with Crippen molar-refractivity contribution in [2.75, 3.05) is 17.3 Å². The van der Waals surface area contributed by atoms with Crippen molar-refractivity contribution in [3.05, 3.63) is 60.3 Å². The quantitative estimate of drug-likeness (QED) is 0.450. The van der Waals surface area contributed by atoms with Crippen molar-refractivity contribution >= 4 is 48.9 Å². The number of nitrogens with one attached hydrogen (secondary N) is 2. The average molecular weight is 408 g/mol. The molecule has 2 aromatic heterocycles. The van der Waals surface area contributed by atoms with Gasteiger partial charge in [-0.05, 0) is 41.5 Å². The molecule has 0 atom stereocenters. The number of rotatable bonds is 7. The smallest absolute Gasteiger partial charge is 0.178 e. The number of aromatic amines is 1. The van der Waals surface area contributed by atoms with Gasteiger partial charge in [0.05, 0.1) is 11.3 Å². The molecule has 0 radical (unpaired) electrons. The van der Waals surface area contributed by atoms with Crippen LogP contribution in [0.15, 0.2) is 54.7 Å². The summed E-state index contributed by atoms with van der Waals surface area (Å²) in [5, 5.41) is 12.2. The molecule has 29 heavy (non-hydrogen) atoms. The lowest BCUT2D eigenvalue weighted by molar-refractivity contribution is 0.0983. The summed E-state index contributed by atoms with van der Waals surface area (Å²) in [6, 6.07) is 15.0. The van der Waals surface area contributed by atoms with Gasteiger partial charge in [-0.1, -0.05) is 24.3 Å². The molecule has 0 aliphatic rings. The van der Waals surface area contributed by atoms with Crippen molar-refractivity contribution in [1.82, 2.24) is 15.2 Å². The van der Waals surface area contributed by atoms with Gasteiger partial charge in [-0.2, -0.15) is 5.10 Å². The maximum atomic E-state index is 12.6. The summed E-state index contributed by atoms with van der Waals surface area (Å²) in [6.45, 7) is 0. The molecule has 7 nitrogen and oxygen atoms in total. The predicted molar refractivity (Wildman–Crippen MR) is 114 cm³/mol. The third-order valence-electron chi connectivity index (χ3n) is 4.68. The van der Waals surface area contributed by atoms with E-state index in [9.17, 15) is 13.2 Å². The Bertz CT molecular complexity index is 1310. The molecule has 0 aliphatic carbocycles. The summed E-state index contributed by atoms with van der Waals surface area (Å²) >= 11 is 0. The summed E-state index contributed by atoms with van der Waals surface area (Å²) in [5.74, 6) is 0.596. The van der Waals surface area contributed by atoms with E-state index in [1.54, 1.807) is 12.3 Å². The number of nitrogens with zero attached hydrogens (tertiary/aromatic N) is 2. The van der Waals surface area contributed by atoms with Crippen molar-refractivity contribution in [2.45, 2.75) is 12.8 Å². The lowest BCUT2D eigenvalue weighted by Crippen LogP contribution is -2.07. The van der Waals surface area contributed by atoms with Crippen LogP contribution in [0.3, 0.4) is 0 Å². The number of ketones is 1. The van der Waals surface area contributed by atoms with Crippen LogP contribution in [0.2, 0.25) is 0 Å². The number of carbonyl (C=O) groups is 1. The van der Waals surface area contributed by atoms with Gasteiger partial charge in [0.15, 0.2) is 11.6 Å². The highest BCUT2D eigenvalue weighted by Crippen LogP contribution is 2.27. The van der Waals surface area contributed by atoms with E-state index < -0.39 is 9.84 Å². The number of hydrogen-bond donors (Lipinski definition) is 2. The highest BCUT2D eigenvalue weighted by molar-refractivity contribution is 7.90. The SMILES string of the molecule is CS(=O)(=O)CCCC(=O)c1cccc2cc(Nc3n[nH]c4cccnc34)ccc12. The molecule has 0 aliphatic heterocycles. The number of sulfone groups is 1. The molecule has 2 N–H and O–H groups in total. The van der Waals surface area contributed by atoms with Crippen LogP contribution < -0.4 is 5.32 Å². The Hall–Kier alpha value is -3.26. The molecule has 2 aromatic carbocycles. The van der Waals surface area contributed by atoms with Crippen LogP contribution in [0.5, 0.6) is 0 Å². The van der Waals surface area contributed by atoms with E-state index >= 15 is 0 Å². The predicted octanol–water partition coefficient (Wildman–Crippen LogP) is 3.86. The first-order valence-electron chi connectivity index (χ1n) is 9.20. The lowest BCUT2D eigenvalue weighted by atomic mass is 9.99. The minimum absolute atomic E-state index is 0.0171. The molecule has 0 unspecified atom stereocenters. The molecule has 148 valence electrons. The number of Topliss-reactive ketones (excluding diaryl/α,β-unsaturated/α-hetero) is 1. The van der Waals surface area contributed by atoms with E-state index in [0.717, 1.165) is 27.5 Å². The van der Waals surface area contributed by atoms with Crippen LogP contribution in [-0.2, 0) is 9.84 Å². The monoisotopic (exact) mass is 408 g/mol. The van der Waals surface area contributed by atoms with Gasteiger partial charge in [0.2, 0.25) is 0 Å². The number of hydrogen-bond acceptors (Lipinski definition) is 6. The number of pyridine rings is 1. The summed E-state index contributed by atoms with van der Waals surface area (Å²) in [4.78, 5) is 16.9. The van der Waals surface area contributed by atoms with Gasteiger partial charge in [0.25, 0.3) is 0 Å². The van der Waals surface area contributed by atoms with Crippen LogP contribution in [-0.4, -0.2) is 41.4 Å². The summed E-state index contributed by atoms with van der Waals surface area (Å²) in [6.07, 6.45) is 3.43. The Morgan fingerprint density at radius 3 is 2.83 bits per heavy atom. The van der Waals surface area contributed by atoms with Crippen LogP contribution in [0.4, 0.5) is 11.5 Å². The average Bonchev–Trinajstić information content (AvgIpc) is 3.09. The Kier molecular flexibility index (Phi) is 5.02. The van der Waals surface area contributed by atoms with Gasteiger partial charge in [0.1, 0.15) is 15.4 Å². The largest absolute Gasteiger partial charge is 0.337 e. The second-order valence-corrected chi connectivity index (χ2v) is 9.25. The fourth-order valence-corrected chi connectivity index (χ4v) is 3.98. The highest BCUT2D eigenvalue weighted by atomic mass is 32.2. The van der Waals surface area contributed by atoms with Crippen molar-refractivity contribution in [3.63, 3.8) is 0 Å². The fraction of sp³-hybridized carbons (Fsp3) is 0.190. The topological polar surface area (TPSA) is 105 Å². The number of benzene rings is 2. The van der Waals surface area contributed by atoms with Crippen molar-refractivity contribution < 1.29 is 13.2 Å². The van der Waals surface area contributed by atoms with Gasteiger partial charge in [-0.25, -0.2) is 8.42 Å². The Balaban J connectivity index is 1.58. The first-order chi connectivity index (χ1) is 13.9. The molecular weight excluding hydrogens is 388 g/mol. The second kappa shape index (κ2) is 7.63. The highest BCUT2D eigenvalue weighted by Gasteiger charge is 2.13. The van der Waals surface area contributed by atoms with Crippen LogP contribution in [0.25, 0.3) is 21.8 Å². The molecule has 2 heterocycles. The van der Waals surface area contributed by atoms with Crippen molar-refractivity contribution in [1.29, 1.82) is 0 Å². The van der Waals surface area contributed by atoms with Gasteiger partial charge >= 0.3 is 0 Å². The Morgan fingerprint density at radius 2 is 2.00 bits per heavy atom. The minimum atomic E-state index is -3.06. The normalized spacial score (nSPS) is 11.8. The van der Waals surface area contributed by atoms with Crippen LogP contribution in [0, 0.1) is 0 Å². The fourth-order valence-electron chi connectivity index (χ4n) is 3.31. The molecule has 0 amide bonds. The van der Waals surface area contributed by atoms with E-state index in [1.807, 2.05) is 42.5 Å². The maximum absolute atomic E-state index is 12.6. The van der Waals surface area contributed by atoms with Crippen molar-refractivity contribution in [2.24, 2.45) is 0 Å². The van der Waals surface area contributed by atoms with Crippen LogP contribution >= 0.6 is 0 Å².